The Bertz CT molecular complexity index is 405. The molecule has 4 nitrogen and oxygen atoms in total. The number of anilines is 1. The first-order chi connectivity index (χ1) is 8.97. The highest BCUT2D eigenvalue weighted by Gasteiger charge is 2.04. The molecular weight excluding hydrogens is 254 g/mol. The topological polar surface area (TPSA) is 50.4 Å². The molecule has 106 valence electrons. The fraction of sp³-hybridized carbons (Fsp3) is 0.462. The summed E-state index contributed by atoms with van der Waals surface area (Å²) >= 11 is 0. The number of rotatable bonds is 6. The van der Waals surface area contributed by atoms with Crippen molar-refractivity contribution in [3.63, 3.8) is 0 Å². The summed E-state index contributed by atoms with van der Waals surface area (Å²) in [5.41, 5.74) is 0.0773. The van der Waals surface area contributed by atoms with Gasteiger partial charge in [0.25, 0.3) is 0 Å². The van der Waals surface area contributed by atoms with E-state index >= 15 is 0 Å². The molecule has 0 radical (unpaired) electrons. The van der Waals surface area contributed by atoms with Crippen molar-refractivity contribution in [2.75, 3.05) is 18.5 Å². The van der Waals surface area contributed by atoms with Crippen molar-refractivity contribution in [3.8, 4) is 0 Å². The number of hydrogen-bond donors (Lipinski definition) is 2. The van der Waals surface area contributed by atoms with Gasteiger partial charge in [0.2, 0.25) is 0 Å². The van der Waals surface area contributed by atoms with Crippen LogP contribution in [0, 0.1) is 11.6 Å². The van der Waals surface area contributed by atoms with Crippen LogP contribution in [0.15, 0.2) is 18.2 Å². The average molecular weight is 272 g/mol. The van der Waals surface area contributed by atoms with Crippen LogP contribution in [-0.4, -0.2) is 25.3 Å². The van der Waals surface area contributed by atoms with Crippen LogP contribution >= 0.6 is 0 Å². The summed E-state index contributed by atoms with van der Waals surface area (Å²) in [6.07, 6.45) is 0.826. The monoisotopic (exact) mass is 272 g/mol. The van der Waals surface area contributed by atoms with Crippen LogP contribution in [0.1, 0.15) is 20.3 Å². The molecule has 0 spiro atoms. The Morgan fingerprint density at radius 2 is 1.89 bits per heavy atom. The van der Waals surface area contributed by atoms with Gasteiger partial charge < -0.3 is 15.4 Å². The first-order valence-electron chi connectivity index (χ1n) is 6.10. The summed E-state index contributed by atoms with van der Waals surface area (Å²) in [4.78, 5) is 11.4. The number of amides is 2. The Kier molecular flexibility index (Phi) is 6.21. The first kappa shape index (κ1) is 15.4. The third-order valence-electron chi connectivity index (χ3n) is 2.18. The standard InChI is InChI=1S/C13H18F2N2O2/c1-9(2)19-5-3-4-16-13(18)17-12-7-10(14)6-11(15)8-12/h6-9H,3-5H2,1-2H3,(H2,16,17,18). The van der Waals surface area contributed by atoms with Crippen molar-refractivity contribution in [1.82, 2.24) is 5.32 Å². The third kappa shape index (κ3) is 6.71. The lowest BCUT2D eigenvalue weighted by Gasteiger charge is -2.09. The Morgan fingerprint density at radius 1 is 1.26 bits per heavy atom. The molecule has 1 aromatic carbocycles. The number of urea groups is 1. The SMILES string of the molecule is CC(C)OCCCNC(=O)Nc1cc(F)cc(F)c1. The molecule has 0 saturated heterocycles. The second-order valence-electron chi connectivity index (χ2n) is 4.31. The lowest BCUT2D eigenvalue weighted by molar-refractivity contribution is 0.0775. The first-order valence-corrected chi connectivity index (χ1v) is 6.10. The predicted molar refractivity (Wildman–Crippen MR) is 69.1 cm³/mol. The molecule has 0 bridgehead atoms. The highest BCUT2D eigenvalue weighted by Crippen LogP contribution is 2.12. The van der Waals surface area contributed by atoms with Crippen LogP contribution in [0.4, 0.5) is 19.3 Å². The van der Waals surface area contributed by atoms with Crippen LogP contribution in [0.2, 0.25) is 0 Å². The minimum absolute atomic E-state index is 0.0773. The summed E-state index contributed by atoms with van der Waals surface area (Å²) in [7, 11) is 0. The summed E-state index contributed by atoms with van der Waals surface area (Å²) in [5.74, 6) is -1.47. The largest absolute Gasteiger partial charge is 0.379 e. The van der Waals surface area contributed by atoms with Crippen LogP contribution in [0.25, 0.3) is 0 Å². The number of halogens is 2. The molecule has 2 amide bonds. The van der Waals surface area contributed by atoms with Crippen molar-refractivity contribution in [2.24, 2.45) is 0 Å². The highest BCUT2D eigenvalue weighted by atomic mass is 19.1. The summed E-state index contributed by atoms with van der Waals surface area (Å²) in [5, 5.41) is 4.92. The number of benzene rings is 1. The second-order valence-corrected chi connectivity index (χ2v) is 4.31. The van der Waals surface area contributed by atoms with Crippen LogP contribution in [-0.2, 0) is 4.74 Å². The van der Waals surface area contributed by atoms with Gasteiger partial charge >= 0.3 is 6.03 Å². The average Bonchev–Trinajstić information content (AvgIpc) is 2.26. The van der Waals surface area contributed by atoms with Crippen molar-refractivity contribution in [2.45, 2.75) is 26.4 Å². The van der Waals surface area contributed by atoms with Crippen LogP contribution in [0.3, 0.4) is 0 Å². The molecule has 1 aromatic rings. The molecule has 0 aliphatic heterocycles. The molecule has 6 heteroatoms. The van der Waals surface area contributed by atoms with Crippen molar-refractivity contribution in [1.29, 1.82) is 0 Å². The van der Waals surface area contributed by atoms with E-state index in [2.05, 4.69) is 10.6 Å². The number of carbonyl (C=O) groups excluding carboxylic acids is 1. The van der Waals surface area contributed by atoms with Gasteiger partial charge in [-0.25, -0.2) is 13.6 Å². The van der Waals surface area contributed by atoms with E-state index < -0.39 is 17.7 Å². The maximum absolute atomic E-state index is 12.9. The van der Waals surface area contributed by atoms with Gasteiger partial charge in [0, 0.05) is 24.9 Å². The molecule has 19 heavy (non-hydrogen) atoms. The van der Waals surface area contributed by atoms with Gasteiger partial charge in [-0.15, -0.1) is 0 Å². The quantitative estimate of drug-likeness (QED) is 0.782. The predicted octanol–water partition coefficient (Wildman–Crippen LogP) is 2.90. The fourth-order valence-corrected chi connectivity index (χ4v) is 1.39. The van der Waals surface area contributed by atoms with E-state index in [-0.39, 0.29) is 11.8 Å². The smallest absolute Gasteiger partial charge is 0.319 e. The van der Waals surface area contributed by atoms with Crippen LogP contribution < -0.4 is 10.6 Å². The van der Waals surface area contributed by atoms with Gasteiger partial charge in [-0.05, 0) is 32.4 Å². The molecule has 0 fully saturated rings. The molecule has 0 aromatic heterocycles. The maximum Gasteiger partial charge on any atom is 0.319 e. The Morgan fingerprint density at radius 3 is 2.47 bits per heavy atom. The molecular formula is C13H18F2N2O2. The molecule has 0 heterocycles. The van der Waals surface area contributed by atoms with Gasteiger partial charge in [0.15, 0.2) is 0 Å². The van der Waals surface area contributed by atoms with Gasteiger partial charge in [-0.1, -0.05) is 0 Å². The molecule has 0 aliphatic rings. The number of ether oxygens (including phenoxy) is 1. The molecule has 0 atom stereocenters. The number of hydrogen-bond acceptors (Lipinski definition) is 2. The summed E-state index contributed by atoms with van der Waals surface area (Å²) < 4.78 is 31.1. The van der Waals surface area contributed by atoms with E-state index in [1.165, 1.54) is 0 Å². The van der Waals surface area contributed by atoms with Crippen LogP contribution in [0.5, 0.6) is 0 Å². The normalized spacial score (nSPS) is 10.6. The zero-order chi connectivity index (χ0) is 14.3. The van der Waals surface area contributed by atoms with Gasteiger partial charge in [-0.2, -0.15) is 0 Å². The molecule has 0 unspecified atom stereocenters. The maximum atomic E-state index is 12.9. The van der Waals surface area contributed by atoms with E-state index in [4.69, 9.17) is 4.74 Å². The molecule has 0 aliphatic carbocycles. The van der Waals surface area contributed by atoms with Crippen molar-refractivity contribution in [3.05, 3.63) is 29.8 Å². The minimum Gasteiger partial charge on any atom is -0.379 e. The van der Waals surface area contributed by atoms with Crippen molar-refractivity contribution < 1.29 is 18.3 Å². The van der Waals surface area contributed by atoms with Gasteiger partial charge in [0.1, 0.15) is 11.6 Å². The number of carbonyl (C=O) groups is 1. The summed E-state index contributed by atoms with van der Waals surface area (Å²) in [6, 6.07) is 2.33. The minimum atomic E-state index is -0.736. The lowest BCUT2D eigenvalue weighted by atomic mass is 10.3. The Balaban J connectivity index is 2.27. The molecule has 1 rings (SSSR count). The van der Waals surface area contributed by atoms with E-state index in [1.54, 1.807) is 0 Å². The zero-order valence-electron chi connectivity index (χ0n) is 11.0. The van der Waals surface area contributed by atoms with E-state index in [0.29, 0.717) is 19.6 Å². The van der Waals surface area contributed by atoms with E-state index in [0.717, 1.165) is 18.2 Å². The van der Waals surface area contributed by atoms with Gasteiger partial charge in [0.05, 0.1) is 6.10 Å². The highest BCUT2D eigenvalue weighted by molar-refractivity contribution is 5.89. The summed E-state index contributed by atoms with van der Waals surface area (Å²) in [6.45, 7) is 4.83. The second kappa shape index (κ2) is 7.68. The zero-order valence-corrected chi connectivity index (χ0v) is 11.0. The number of nitrogens with one attached hydrogen (secondary N) is 2. The van der Waals surface area contributed by atoms with E-state index in [9.17, 15) is 13.6 Å². The lowest BCUT2D eigenvalue weighted by Crippen LogP contribution is -2.30. The van der Waals surface area contributed by atoms with Gasteiger partial charge in [-0.3, -0.25) is 0 Å². The third-order valence-corrected chi connectivity index (χ3v) is 2.18. The molecule has 2 N–H and O–H groups in total. The van der Waals surface area contributed by atoms with E-state index in [1.807, 2.05) is 13.8 Å². The Hall–Kier alpha value is -1.69. The van der Waals surface area contributed by atoms with Crippen molar-refractivity contribution >= 4 is 11.7 Å². The molecule has 0 saturated carbocycles. The fourth-order valence-electron chi connectivity index (χ4n) is 1.39. The Labute approximate surface area is 111 Å².